The quantitative estimate of drug-likeness (QED) is 0.802. The molecule has 1 aromatic heterocycles. The zero-order valence-corrected chi connectivity index (χ0v) is 11.8. The number of nitrogens with two attached hydrogens (primary N) is 1. The molecule has 3 nitrogen and oxygen atoms in total. The van der Waals surface area contributed by atoms with Gasteiger partial charge in [0.15, 0.2) is 0 Å². The molecular formula is C12H23N3S. The van der Waals surface area contributed by atoms with E-state index < -0.39 is 0 Å². The Morgan fingerprint density at radius 3 is 2.50 bits per heavy atom. The van der Waals surface area contributed by atoms with Gasteiger partial charge in [-0.1, -0.05) is 20.3 Å². The molecule has 0 amide bonds. The van der Waals surface area contributed by atoms with Crippen LogP contribution in [0.1, 0.15) is 45.9 Å². The molecule has 0 saturated carbocycles. The fraction of sp³-hybridized carbons (Fsp3) is 0.750. The fourth-order valence-electron chi connectivity index (χ4n) is 1.37. The van der Waals surface area contributed by atoms with Crippen LogP contribution in [0.5, 0.6) is 0 Å². The van der Waals surface area contributed by atoms with Gasteiger partial charge in [0.05, 0.1) is 11.4 Å². The maximum absolute atomic E-state index is 6.06. The minimum absolute atomic E-state index is 0.371. The van der Waals surface area contributed by atoms with E-state index in [-0.39, 0.29) is 0 Å². The van der Waals surface area contributed by atoms with Gasteiger partial charge in [0.1, 0.15) is 5.03 Å². The van der Waals surface area contributed by atoms with Gasteiger partial charge in [-0.05, 0) is 26.7 Å². The van der Waals surface area contributed by atoms with Crippen molar-refractivity contribution < 1.29 is 0 Å². The Hall–Kier alpha value is -0.640. The van der Waals surface area contributed by atoms with Crippen molar-refractivity contribution in [1.82, 2.24) is 9.78 Å². The van der Waals surface area contributed by atoms with E-state index >= 15 is 0 Å². The van der Waals surface area contributed by atoms with E-state index in [2.05, 4.69) is 32.8 Å². The number of rotatable bonds is 5. The normalized spacial score (nSPS) is 13.4. The summed E-state index contributed by atoms with van der Waals surface area (Å²) in [6.45, 7) is 10.7. The number of hydrogen-bond donors (Lipinski definition) is 1. The molecule has 0 fully saturated rings. The van der Waals surface area contributed by atoms with Crippen molar-refractivity contribution in [3.05, 3.63) is 5.69 Å². The van der Waals surface area contributed by atoms with Gasteiger partial charge in [-0.3, -0.25) is 4.68 Å². The van der Waals surface area contributed by atoms with Crippen LogP contribution in [0.4, 0.5) is 5.69 Å². The Bertz CT molecular complexity index is 344. The van der Waals surface area contributed by atoms with Crippen molar-refractivity contribution in [2.24, 2.45) is 5.92 Å². The molecule has 16 heavy (non-hydrogen) atoms. The van der Waals surface area contributed by atoms with Crippen LogP contribution in [-0.2, 0) is 0 Å². The first kappa shape index (κ1) is 13.4. The highest BCUT2D eigenvalue weighted by molar-refractivity contribution is 7.99. The highest BCUT2D eigenvalue weighted by atomic mass is 32.2. The highest BCUT2D eigenvalue weighted by Crippen LogP contribution is 2.31. The molecule has 1 heterocycles. The number of aromatic nitrogens is 2. The Morgan fingerprint density at radius 2 is 2.00 bits per heavy atom. The summed E-state index contributed by atoms with van der Waals surface area (Å²) in [5.74, 6) is 1.83. The molecule has 0 aromatic carbocycles. The van der Waals surface area contributed by atoms with Crippen molar-refractivity contribution in [2.75, 3.05) is 11.5 Å². The number of thioether (sulfide) groups is 1. The molecule has 0 aliphatic heterocycles. The summed E-state index contributed by atoms with van der Waals surface area (Å²) in [4.78, 5) is 0. The molecule has 4 heteroatoms. The first-order valence-electron chi connectivity index (χ1n) is 5.94. The smallest absolute Gasteiger partial charge is 0.118 e. The summed E-state index contributed by atoms with van der Waals surface area (Å²) in [6, 6.07) is 0.371. The van der Waals surface area contributed by atoms with Crippen LogP contribution in [0.15, 0.2) is 5.03 Å². The molecule has 1 atom stereocenters. The Morgan fingerprint density at radius 1 is 1.38 bits per heavy atom. The zero-order chi connectivity index (χ0) is 12.3. The number of hydrogen-bond acceptors (Lipinski definition) is 3. The van der Waals surface area contributed by atoms with Gasteiger partial charge in [-0.15, -0.1) is 11.8 Å². The topological polar surface area (TPSA) is 43.8 Å². The standard InChI is InChI=1S/C12H23N3S/c1-6-9(4)7-16-12-11(13)10(5)14-15(12)8(2)3/h8-9H,6-7,13H2,1-5H3. The summed E-state index contributed by atoms with van der Waals surface area (Å²) >= 11 is 1.83. The van der Waals surface area contributed by atoms with Crippen molar-refractivity contribution in [3.63, 3.8) is 0 Å². The minimum atomic E-state index is 0.371. The molecule has 1 aromatic rings. The van der Waals surface area contributed by atoms with Crippen molar-refractivity contribution in [3.8, 4) is 0 Å². The average molecular weight is 241 g/mol. The van der Waals surface area contributed by atoms with E-state index in [0.29, 0.717) is 6.04 Å². The van der Waals surface area contributed by atoms with E-state index in [1.54, 1.807) is 0 Å². The first-order chi connectivity index (χ1) is 7.47. The predicted octanol–water partition coefficient (Wildman–Crippen LogP) is 3.49. The molecule has 2 N–H and O–H groups in total. The molecule has 0 saturated heterocycles. The molecule has 0 spiro atoms. The minimum Gasteiger partial charge on any atom is -0.395 e. The van der Waals surface area contributed by atoms with E-state index in [1.807, 2.05) is 23.4 Å². The van der Waals surface area contributed by atoms with Crippen LogP contribution in [0.2, 0.25) is 0 Å². The number of aryl methyl sites for hydroxylation is 1. The second-order valence-corrected chi connectivity index (χ2v) is 5.68. The third-order valence-electron chi connectivity index (χ3n) is 2.78. The maximum atomic E-state index is 6.06. The fourth-order valence-corrected chi connectivity index (χ4v) is 2.74. The summed E-state index contributed by atoms with van der Waals surface area (Å²) in [5, 5.41) is 5.62. The number of nitrogen functional groups attached to an aromatic ring is 1. The first-order valence-corrected chi connectivity index (χ1v) is 6.93. The molecule has 0 aliphatic rings. The monoisotopic (exact) mass is 241 g/mol. The molecule has 1 rings (SSSR count). The van der Waals surface area contributed by atoms with Crippen LogP contribution < -0.4 is 5.73 Å². The maximum Gasteiger partial charge on any atom is 0.118 e. The van der Waals surface area contributed by atoms with Crippen LogP contribution in [-0.4, -0.2) is 15.5 Å². The van der Waals surface area contributed by atoms with Gasteiger partial charge >= 0.3 is 0 Å². The van der Waals surface area contributed by atoms with Gasteiger partial charge in [0.25, 0.3) is 0 Å². The lowest BCUT2D eigenvalue weighted by Crippen LogP contribution is -2.06. The van der Waals surface area contributed by atoms with E-state index in [1.165, 1.54) is 6.42 Å². The van der Waals surface area contributed by atoms with E-state index in [4.69, 9.17) is 5.73 Å². The van der Waals surface area contributed by atoms with Gasteiger partial charge in [-0.25, -0.2) is 0 Å². The predicted molar refractivity (Wildman–Crippen MR) is 71.9 cm³/mol. The van der Waals surface area contributed by atoms with E-state index in [0.717, 1.165) is 28.1 Å². The van der Waals surface area contributed by atoms with Crippen molar-refractivity contribution >= 4 is 17.4 Å². The van der Waals surface area contributed by atoms with Crippen molar-refractivity contribution in [2.45, 2.75) is 52.1 Å². The largest absolute Gasteiger partial charge is 0.395 e. The summed E-state index contributed by atoms with van der Waals surface area (Å²) in [7, 11) is 0. The lowest BCUT2D eigenvalue weighted by molar-refractivity contribution is 0.490. The molecule has 1 unspecified atom stereocenters. The van der Waals surface area contributed by atoms with Gasteiger partial charge in [-0.2, -0.15) is 5.10 Å². The summed E-state index contributed by atoms with van der Waals surface area (Å²) in [6.07, 6.45) is 1.21. The molecule has 92 valence electrons. The third kappa shape index (κ3) is 2.94. The Balaban J connectivity index is 2.85. The lowest BCUT2D eigenvalue weighted by Gasteiger charge is -2.13. The lowest BCUT2D eigenvalue weighted by atomic mass is 10.2. The van der Waals surface area contributed by atoms with Crippen LogP contribution in [0, 0.1) is 12.8 Å². The molecule has 0 radical (unpaired) electrons. The van der Waals surface area contributed by atoms with Crippen LogP contribution in [0.25, 0.3) is 0 Å². The average Bonchev–Trinajstić information content (AvgIpc) is 2.53. The zero-order valence-electron chi connectivity index (χ0n) is 10.9. The summed E-state index contributed by atoms with van der Waals surface area (Å²) < 4.78 is 2.04. The van der Waals surface area contributed by atoms with Gasteiger partial charge in [0.2, 0.25) is 0 Å². The Labute approximate surface area is 103 Å². The Kier molecular flexibility index (Phi) is 4.71. The van der Waals surface area contributed by atoms with Crippen LogP contribution >= 0.6 is 11.8 Å². The van der Waals surface area contributed by atoms with Crippen LogP contribution in [0.3, 0.4) is 0 Å². The van der Waals surface area contributed by atoms with Crippen molar-refractivity contribution in [1.29, 1.82) is 0 Å². The molecular weight excluding hydrogens is 218 g/mol. The second kappa shape index (κ2) is 5.62. The number of nitrogens with zero attached hydrogens (tertiary/aromatic N) is 2. The molecule has 0 aliphatic carbocycles. The highest BCUT2D eigenvalue weighted by Gasteiger charge is 2.15. The molecule has 0 bridgehead atoms. The third-order valence-corrected chi connectivity index (χ3v) is 4.19. The summed E-state index contributed by atoms with van der Waals surface area (Å²) in [5.41, 5.74) is 7.86. The van der Waals surface area contributed by atoms with Gasteiger partial charge in [0, 0.05) is 11.8 Å². The second-order valence-electron chi connectivity index (χ2n) is 4.67. The number of anilines is 1. The van der Waals surface area contributed by atoms with Gasteiger partial charge < -0.3 is 5.73 Å². The van der Waals surface area contributed by atoms with E-state index in [9.17, 15) is 0 Å². The SMILES string of the molecule is CCC(C)CSc1c(N)c(C)nn1C(C)C.